The Kier molecular flexibility index (Phi) is 5.02. The highest BCUT2D eigenvalue weighted by atomic mass is 16.6. The van der Waals surface area contributed by atoms with E-state index in [-0.39, 0.29) is 24.0 Å². The van der Waals surface area contributed by atoms with E-state index >= 15 is 0 Å². The van der Waals surface area contributed by atoms with E-state index in [0.29, 0.717) is 12.2 Å². The zero-order valence-corrected chi connectivity index (χ0v) is 9.96. The number of aliphatic hydroxyl groups is 1. The van der Waals surface area contributed by atoms with Gasteiger partial charge in [-0.2, -0.15) is 5.26 Å². The number of aromatic nitrogens is 1. The lowest BCUT2D eigenvalue weighted by molar-refractivity contribution is -0.385. The Morgan fingerprint density at radius 3 is 2.89 bits per heavy atom. The van der Waals surface area contributed by atoms with E-state index in [1.165, 1.54) is 12.1 Å². The lowest BCUT2D eigenvalue weighted by Crippen LogP contribution is -2.20. The third-order valence-corrected chi connectivity index (χ3v) is 2.50. The molecule has 2 N–H and O–H groups in total. The van der Waals surface area contributed by atoms with Crippen LogP contribution in [0.15, 0.2) is 12.1 Å². The molecule has 7 heteroatoms. The Balaban J connectivity index is 2.92. The van der Waals surface area contributed by atoms with E-state index < -0.39 is 4.92 Å². The van der Waals surface area contributed by atoms with Crippen molar-refractivity contribution in [3.8, 4) is 6.07 Å². The van der Waals surface area contributed by atoms with E-state index in [1.807, 2.05) is 6.92 Å². The number of nitro groups is 1. The quantitative estimate of drug-likeness (QED) is 0.583. The van der Waals surface area contributed by atoms with Gasteiger partial charge in [0.05, 0.1) is 4.92 Å². The highest BCUT2D eigenvalue weighted by molar-refractivity contribution is 5.50. The summed E-state index contributed by atoms with van der Waals surface area (Å²) in [4.78, 5) is 13.9. The summed E-state index contributed by atoms with van der Waals surface area (Å²) in [5.41, 5.74) is -0.526. The Hall–Kier alpha value is -2.20. The van der Waals surface area contributed by atoms with Crippen LogP contribution in [0.25, 0.3) is 0 Å². The van der Waals surface area contributed by atoms with E-state index in [1.54, 1.807) is 6.07 Å². The summed E-state index contributed by atoms with van der Waals surface area (Å²) in [5, 5.41) is 31.3. The molecule has 1 unspecified atom stereocenters. The third-order valence-electron chi connectivity index (χ3n) is 2.50. The van der Waals surface area contributed by atoms with Gasteiger partial charge in [0.1, 0.15) is 11.9 Å². The van der Waals surface area contributed by atoms with E-state index in [9.17, 15) is 10.1 Å². The monoisotopic (exact) mass is 250 g/mol. The molecule has 0 aliphatic carbocycles. The van der Waals surface area contributed by atoms with Crippen molar-refractivity contribution in [2.24, 2.45) is 0 Å². The van der Waals surface area contributed by atoms with Gasteiger partial charge in [0.15, 0.2) is 0 Å². The zero-order chi connectivity index (χ0) is 13.5. The SMILES string of the molecule is CCC(CCO)Nc1ccc([N+](=O)[O-])c(C#N)n1. The number of hydrogen-bond acceptors (Lipinski definition) is 6. The number of rotatable bonds is 6. The summed E-state index contributed by atoms with van der Waals surface area (Å²) in [5.74, 6) is 0.400. The van der Waals surface area contributed by atoms with Gasteiger partial charge in [-0.15, -0.1) is 0 Å². The summed E-state index contributed by atoms with van der Waals surface area (Å²) < 4.78 is 0. The maximum atomic E-state index is 10.6. The highest BCUT2D eigenvalue weighted by Gasteiger charge is 2.16. The number of aliphatic hydroxyl groups excluding tert-OH is 1. The first kappa shape index (κ1) is 13.9. The van der Waals surface area contributed by atoms with Crippen LogP contribution in [0.2, 0.25) is 0 Å². The topological polar surface area (TPSA) is 112 Å². The van der Waals surface area contributed by atoms with Crippen molar-refractivity contribution in [2.45, 2.75) is 25.8 Å². The minimum atomic E-state index is -0.639. The molecule has 0 aromatic carbocycles. The van der Waals surface area contributed by atoms with Crippen molar-refractivity contribution in [3.63, 3.8) is 0 Å². The molecule has 0 saturated heterocycles. The maximum absolute atomic E-state index is 10.6. The predicted octanol–water partition coefficient (Wildman–Crippen LogP) is 1.43. The largest absolute Gasteiger partial charge is 0.396 e. The van der Waals surface area contributed by atoms with E-state index in [4.69, 9.17) is 10.4 Å². The molecule has 0 radical (unpaired) electrons. The summed E-state index contributed by atoms with van der Waals surface area (Å²) in [6.07, 6.45) is 1.33. The fraction of sp³-hybridized carbons (Fsp3) is 0.455. The van der Waals surface area contributed by atoms with Crippen molar-refractivity contribution in [1.82, 2.24) is 4.98 Å². The molecule has 96 valence electrons. The molecule has 1 aromatic rings. The molecule has 1 aromatic heterocycles. The predicted molar refractivity (Wildman–Crippen MR) is 65.0 cm³/mol. The smallest absolute Gasteiger partial charge is 0.305 e. The summed E-state index contributed by atoms with van der Waals surface area (Å²) in [6, 6.07) is 4.43. The molecule has 18 heavy (non-hydrogen) atoms. The van der Waals surface area contributed by atoms with Gasteiger partial charge in [-0.25, -0.2) is 4.98 Å². The number of anilines is 1. The average molecular weight is 250 g/mol. The molecule has 1 rings (SSSR count). The van der Waals surface area contributed by atoms with Gasteiger partial charge in [0.2, 0.25) is 5.69 Å². The molecule has 0 fully saturated rings. The van der Waals surface area contributed by atoms with E-state index in [2.05, 4.69) is 10.3 Å². The summed E-state index contributed by atoms with van der Waals surface area (Å²) in [7, 11) is 0. The molecule has 7 nitrogen and oxygen atoms in total. The van der Waals surface area contributed by atoms with Crippen molar-refractivity contribution in [3.05, 3.63) is 27.9 Å². The van der Waals surface area contributed by atoms with Gasteiger partial charge in [0.25, 0.3) is 0 Å². The molecule has 0 amide bonds. The number of pyridine rings is 1. The van der Waals surface area contributed by atoms with Crippen molar-refractivity contribution >= 4 is 11.5 Å². The van der Waals surface area contributed by atoms with Gasteiger partial charge in [-0.05, 0) is 18.9 Å². The first-order valence-electron chi connectivity index (χ1n) is 5.55. The molecular weight excluding hydrogens is 236 g/mol. The van der Waals surface area contributed by atoms with Crippen LogP contribution in [-0.2, 0) is 0 Å². The highest BCUT2D eigenvalue weighted by Crippen LogP contribution is 2.19. The molecule has 0 aliphatic rings. The van der Waals surface area contributed by atoms with Crippen molar-refractivity contribution < 1.29 is 10.0 Å². The number of nitriles is 1. The van der Waals surface area contributed by atoms with Crippen LogP contribution in [-0.4, -0.2) is 27.7 Å². The molecule has 1 atom stereocenters. The van der Waals surface area contributed by atoms with Crippen LogP contribution >= 0.6 is 0 Å². The Labute approximate surface area is 104 Å². The maximum Gasteiger partial charge on any atom is 0.305 e. The number of hydrogen-bond donors (Lipinski definition) is 2. The summed E-state index contributed by atoms with van der Waals surface area (Å²) in [6.45, 7) is 1.99. The van der Waals surface area contributed by atoms with Crippen LogP contribution in [0.1, 0.15) is 25.5 Å². The van der Waals surface area contributed by atoms with Gasteiger partial charge in [-0.1, -0.05) is 6.92 Å². The first-order chi connectivity index (χ1) is 8.62. The fourth-order valence-corrected chi connectivity index (χ4v) is 1.51. The third kappa shape index (κ3) is 3.40. The standard InChI is InChI=1S/C11H14N4O3/c1-2-8(5-6-16)13-11-4-3-10(15(17)18)9(7-12)14-11/h3-4,8,16H,2,5-6H2,1H3,(H,13,14). The van der Waals surface area contributed by atoms with Crippen molar-refractivity contribution in [1.29, 1.82) is 5.26 Å². The summed E-state index contributed by atoms with van der Waals surface area (Å²) >= 11 is 0. The van der Waals surface area contributed by atoms with Gasteiger partial charge in [0, 0.05) is 18.7 Å². The second-order valence-electron chi connectivity index (χ2n) is 3.69. The molecular formula is C11H14N4O3. The Bertz CT molecular complexity index is 470. The Morgan fingerprint density at radius 2 is 2.39 bits per heavy atom. The first-order valence-corrected chi connectivity index (χ1v) is 5.55. The molecule has 0 saturated carbocycles. The zero-order valence-electron chi connectivity index (χ0n) is 9.96. The Morgan fingerprint density at radius 1 is 1.67 bits per heavy atom. The second kappa shape index (κ2) is 6.51. The normalized spacial score (nSPS) is 11.6. The second-order valence-corrected chi connectivity index (χ2v) is 3.69. The molecule has 1 heterocycles. The molecule has 0 spiro atoms. The van der Waals surface area contributed by atoms with Gasteiger partial charge >= 0.3 is 5.69 Å². The molecule has 0 aliphatic heterocycles. The van der Waals surface area contributed by atoms with Gasteiger partial charge < -0.3 is 10.4 Å². The van der Waals surface area contributed by atoms with Crippen LogP contribution in [0, 0.1) is 21.4 Å². The lowest BCUT2D eigenvalue weighted by atomic mass is 10.1. The van der Waals surface area contributed by atoms with Crippen LogP contribution in [0.4, 0.5) is 11.5 Å². The van der Waals surface area contributed by atoms with Crippen LogP contribution in [0.5, 0.6) is 0 Å². The number of nitrogens with one attached hydrogen (secondary N) is 1. The lowest BCUT2D eigenvalue weighted by Gasteiger charge is -2.16. The van der Waals surface area contributed by atoms with Crippen molar-refractivity contribution in [2.75, 3.05) is 11.9 Å². The van der Waals surface area contributed by atoms with Crippen LogP contribution in [0.3, 0.4) is 0 Å². The number of nitrogens with zero attached hydrogens (tertiary/aromatic N) is 3. The fourth-order valence-electron chi connectivity index (χ4n) is 1.51. The van der Waals surface area contributed by atoms with Gasteiger partial charge in [-0.3, -0.25) is 10.1 Å². The molecule has 0 bridgehead atoms. The minimum Gasteiger partial charge on any atom is -0.396 e. The van der Waals surface area contributed by atoms with Crippen LogP contribution < -0.4 is 5.32 Å². The van der Waals surface area contributed by atoms with E-state index in [0.717, 1.165) is 6.42 Å². The minimum absolute atomic E-state index is 0.0236. The average Bonchev–Trinajstić information content (AvgIpc) is 2.37.